The lowest BCUT2D eigenvalue weighted by Gasteiger charge is -2.15. The zero-order valence-corrected chi connectivity index (χ0v) is 21.8. The van der Waals surface area contributed by atoms with Gasteiger partial charge in [-0.25, -0.2) is 14.8 Å². The molecule has 0 amide bonds. The standard InChI is InChI=1S/C25H23N7O4.C2H6/c1-4-35-24(33)16-14-26-25(29-20-12-13-32(2)31-20)30-22(16)27-18-10-7-8-15(21(18)34-3)23-28-17-9-5-6-11-19(17)36-23;1-2/h5-14H,4H2,1-3H3,(H2,26,27,29,30,31);1-2H3. The van der Waals surface area contributed by atoms with E-state index in [0.717, 1.165) is 5.52 Å². The Morgan fingerprint density at radius 3 is 2.58 bits per heavy atom. The fourth-order valence-electron chi connectivity index (χ4n) is 3.63. The predicted octanol–water partition coefficient (Wildman–Crippen LogP) is 5.72. The average Bonchev–Trinajstić information content (AvgIpc) is 3.55. The number of carbonyl (C=O) groups is 1. The van der Waals surface area contributed by atoms with Crippen molar-refractivity contribution in [2.45, 2.75) is 20.8 Å². The molecule has 11 heteroatoms. The third-order valence-corrected chi connectivity index (χ3v) is 5.23. The van der Waals surface area contributed by atoms with Gasteiger partial charge in [0.05, 0.1) is 25.0 Å². The summed E-state index contributed by atoms with van der Waals surface area (Å²) in [6.45, 7) is 5.94. The number of ether oxygens (including phenoxy) is 2. The van der Waals surface area contributed by atoms with Crippen molar-refractivity contribution in [3.05, 3.63) is 66.5 Å². The van der Waals surface area contributed by atoms with Gasteiger partial charge in [-0.15, -0.1) is 0 Å². The van der Waals surface area contributed by atoms with Gasteiger partial charge in [0, 0.05) is 25.5 Å². The molecule has 38 heavy (non-hydrogen) atoms. The van der Waals surface area contributed by atoms with Crippen LogP contribution in [-0.2, 0) is 11.8 Å². The number of esters is 1. The molecular formula is C27H29N7O4. The van der Waals surface area contributed by atoms with Crippen molar-refractivity contribution in [2.24, 2.45) is 7.05 Å². The number of para-hydroxylation sites is 3. The fourth-order valence-corrected chi connectivity index (χ4v) is 3.63. The molecule has 11 nitrogen and oxygen atoms in total. The number of hydrogen-bond acceptors (Lipinski definition) is 10. The van der Waals surface area contributed by atoms with Gasteiger partial charge in [0.2, 0.25) is 11.8 Å². The Morgan fingerprint density at radius 1 is 1.05 bits per heavy atom. The molecule has 0 aliphatic heterocycles. The monoisotopic (exact) mass is 515 g/mol. The molecule has 2 N–H and O–H groups in total. The van der Waals surface area contributed by atoms with Crippen LogP contribution in [0.1, 0.15) is 31.1 Å². The summed E-state index contributed by atoms with van der Waals surface area (Å²) in [6.07, 6.45) is 3.19. The third-order valence-electron chi connectivity index (χ3n) is 5.23. The number of aromatic nitrogens is 5. The summed E-state index contributed by atoms with van der Waals surface area (Å²) in [5.74, 6) is 1.36. The Bertz CT molecular complexity index is 1510. The average molecular weight is 516 g/mol. The van der Waals surface area contributed by atoms with Crippen LogP contribution in [0.25, 0.3) is 22.6 Å². The molecule has 5 aromatic rings. The summed E-state index contributed by atoms with van der Waals surface area (Å²) >= 11 is 0. The van der Waals surface area contributed by atoms with E-state index in [0.29, 0.717) is 34.3 Å². The van der Waals surface area contributed by atoms with Gasteiger partial charge < -0.3 is 24.5 Å². The first-order valence-electron chi connectivity index (χ1n) is 12.2. The molecule has 0 saturated carbocycles. The SMILES string of the molecule is CC.CCOC(=O)c1cnc(Nc2ccn(C)n2)nc1Nc1cccc(-c2nc3ccccc3o2)c1OC. The lowest BCUT2D eigenvalue weighted by atomic mass is 10.1. The van der Waals surface area contributed by atoms with E-state index in [1.165, 1.54) is 6.20 Å². The Kier molecular flexibility index (Phi) is 8.17. The number of fused-ring (bicyclic) bond motifs is 1. The maximum Gasteiger partial charge on any atom is 0.343 e. The van der Waals surface area contributed by atoms with Gasteiger partial charge in [-0.2, -0.15) is 10.1 Å². The Morgan fingerprint density at radius 2 is 1.87 bits per heavy atom. The molecule has 3 heterocycles. The van der Waals surface area contributed by atoms with Crippen LogP contribution in [-0.4, -0.2) is 44.4 Å². The molecule has 0 unspecified atom stereocenters. The van der Waals surface area contributed by atoms with Crippen molar-refractivity contribution in [2.75, 3.05) is 24.4 Å². The van der Waals surface area contributed by atoms with E-state index in [-0.39, 0.29) is 23.9 Å². The first-order valence-corrected chi connectivity index (χ1v) is 12.2. The topological polar surface area (TPSA) is 129 Å². The number of rotatable bonds is 8. The highest BCUT2D eigenvalue weighted by atomic mass is 16.5. The van der Waals surface area contributed by atoms with Gasteiger partial charge in [0.15, 0.2) is 23.0 Å². The molecule has 0 saturated heterocycles. The Balaban J connectivity index is 0.00000164. The number of benzene rings is 2. The zero-order chi connectivity index (χ0) is 27.1. The third kappa shape index (κ3) is 5.56. The van der Waals surface area contributed by atoms with Gasteiger partial charge in [-0.3, -0.25) is 4.68 Å². The quantitative estimate of drug-likeness (QED) is 0.248. The highest BCUT2D eigenvalue weighted by Gasteiger charge is 2.21. The molecule has 0 bridgehead atoms. The van der Waals surface area contributed by atoms with Crippen molar-refractivity contribution in [1.29, 1.82) is 0 Å². The van der Waals surface area contributed by atoms with Gasteiger partial charge in [0.1, 0.15) is 11.1 Å². The lowest BCUT2D eigenvalue weighted by molar-refractivity contribution is 0.0526. The Labute approximate surface area is 219 Å². The number of hydrogen-bond donors (Lipinski definition) is 2. The van der Waals surface area contributed by atoms with Crippen molar-refractivity contribution < 1.29 is 18.7 Å². The van der Waals surface area contributed by atoms with E-state index in [4.69, 9.17) is 13.9 Å². The smallest absolute Gasteiger partial charge is 0.343 e. The summed E-state index contributed by atoms with van der Waals surface area (Å²) in [7, 11) is 3.35. The normalized spacial score (nSPS) is 10.4. The largest absolute Gasteiger partial charge is 0.494 e. The van der Waals surface area contributed by atoms with Gasteiger partial charge in [-0.1, -0.05) is 32.0 Å². The highest BCUT2D eigenvalue weighted by Crippen LogP contribution is 2.38. The molecule has 0 radical (unpaired) electrons. The lowest BCUT2D eigenvalue weighted by Crippen LogP contribution is -2.12. The minimum atomic E-state index is -0.557. The molecule has 2 aromatic carbocycles. The fraction of sp³-hybridized carbons (Fsp3) is 0.222. The molecule has 0 aliphatic carbocycles. The molecular weight excluding hydrogens is 486 g/mol. The van der Waals surface area contributed by atoms with Gasteiger partial charge in [0.25, 0.3) is 0 Å². The second-order valence-electron chi connectivity index (χ2n) is 7.67. The van der Waals surface area contributed by atoms with Crippen LogP contribution in [0.15, 0.2) is 65.3 Å². The van der Waals surface area contributed by atoms with Crippen molar-refractivity contribution in [1.82, 2.24) is 24.7 Å². The number of nitrogens with zero attached hydrogens (tertiary/aromatic N) is 5. The number of carbonyl (C=O) groups excluding carboxylic acids is 1. The molecule has 0 fully saturated rings. The van der Waals surface area contributed by atoms with Gasteiger partial charge in [-0.05, 0) is 31.2 Å². The number of aryl methyl sites for hydroxylation is 1. The highest BCUT2D eigenvalue weighted by molar-refractivity contribution is 5.96. The molecule has 196 valence electrons. The van der Waals surface area contributed by atoms with Crippen LogP contribution < -0.4 is 15.4 Å². The van der Waals surface area contributed by atoms with E-state index in [1.807, 2.05) is 50.2 Å². The number of oxazole rings is 1. The number of nitrogens with one attached hydrogen (secondary N) is 2. The minimum Gasteiger partial charge on any atom is -0.494 e. The Hall–Kier alpha value is -4.93. The number of anilines is 4. The second kappa shape index (κ2) is 11.9. The number of methoxy groups -OCH3 is 1. The second-order valence-corrected chi connectivity index (χ2v) is 7.67. The van der Waals surface area contributed by atoms with E-state index >= 15 is 0 Å². The summed E-state index contributed by atoms with van der Waals surface area (Å²) in [4.78, 5) is 26.0. The zero-order valence-electron chi connectivity index (χ0n) is 21.8. The summed E-state index contributed by atoms with van der Waals surface area (Å²) in [5.41, 5.74) is 2.75. The first-order chi connectivity index (χ1) is 18.6. The van der Waals surface area contributed by atoms with Crippen LogP contribution >= 0.6 is 0 Å². The summed E-state index contributed by atoms with van der Waals surface area (Å²) < 4.78 is 18.5. The molecule has 0 spiro atoms. The van der Waals surface area contributed by atoms with E-state index < -0.39 is 5.97 Å². The minimum absolute atomic E-state index is 0.165. The van der Waals surface area contributed by atoms with Gasteiger partial charge >= 0.3 is 5.97 Å². The predicted molar refractivity (Wildman–Crippen MR) is 145 cm³/mol. The van der Waals surface area contributed by atoms with Crippen molar-refractivity contribution in [3.63, 3.8) is 0 Å². The van der Waals surface area contributed by atoms with E-state index in [2.05, 4.69) is 30.7 Å². The van der Waals surface area contributed by atoms with Crippen LogP contribution in [0, 0.1) is 0 Å². The van der Waals surface area contributed by atoms with Crippen molar-refractivity contribution >= 4 is 40.3 Å². The van der Waals surface area contributed by atoms with E-state index in [1.54, 1.807) is 44.1 Å². The first kappa shape index (κ1) is 26.1. The van der Waals surface area contributed by atoms with Crippen LogP contribution in [0.4, 0.5) is 23.3 Å². The summed E-state index contributed by atoms with van der Waals surface area (Å²) in [5, 5.41) is 10.5. The van der Waals surface area contributed by atoms with E-state index in [9.17, 15) is 4.79 Å². The molecule has 3 aromatic heterocycles. The molecule has 0 aliphatic rings. The van der Waals surface area contributed by atoms with Crippen LogP contribution in [0.3, 0.4) is 0 Å². The summed E-state index contributed by atoms with van der Waals surface area (Å²) in [6, 6.07) is 14.8. The van der Waals surface area contributed by atoms with Crippen molar-refractivity contribution in [3.8, 4) is 17.2 Å². The maximum atomic E-state index is 12.6. The molecule has 5 rings (SSSR count). The van der Waals surface area contributed by atoms with Crippen LogP contribution in [0.2, 0.25) is 0 Å². The van der Waals surface area contributed by atoms with Crippen LogP contribution in [0.5, 0.6) is 5.75 Å². The maximum absolute atomic E-state index is 12.6. The molecule has 0 atom stereocenters.